The van der Waals surface area contributed by atoms with Gasteiger partial charge in [-0.3, -0.25) is 5.32 Å². The lowest BCUT2D eigenvalue weighted by Gasteiger charge is -2.19. The number of methoxy groups -OCH3 is 1. The zero-order valence-electron chi connectivity index (χ0n) is 12.0. The average Bonchev–Trinajstić information content (AvgIpc) is 3.23. The van der Waals surface area contributed by atoms with Crippen LogP contribution in [-0.2, 0) is 13.0 Å². The minimum absolute atomic E-state index is 0.00435. The Balaban J connectivity index is 1.56. The maximum absolute atomic E-state index is 5.41. The van der Waals surface area contributed by atoms with Gasteiger partial charge in [-0.2, -0.15) is 4.98 Å². The predicted molar refractivity (Wildman–Crippen MR) is 78.2 cm³/mol. The van der Waals surface area contributed by atoms with Crippen LogP contribution in [-0.4, -0.2) is 27.2 Å². The van der Waals surface area contributed by atoms with Crippen LogP contribution >= 0.6 is 0 Å². The summed E-state index contributed by atoms with van der Waals surface area (Å²) in [6.45, 7) is 0.722. The van der Waals surface area contributed by atoms with Crippen molar-refractivity contribution in [3.8, 4) is 17.1 Å². The van der Waals surface area contributed by atoms with Gasteiger partial charge in [0.2, 0.25) is 11.7 Å². The van der Waals surface area contributed by atoms with Gasteiger partial charge in [-0.1, -0.05) is 5.16 Å². The zero-order chi connectivity index (χ0) is 14.9. The van der Waals surface area contributed by atoms with Crippen LogP contribution in [0.1, 0.15) is 23.3 Å². The maximum Gasteiger partial charge on any atom is 0.244 e. The van der Waals surface area contributed by atoms with E-state index in [0.717, 1.165) is 35.7 Å². The summed E-state index contributed by atoms with van der Waals surface area (Å²) in [5.41, 5.74) is 3.06. The molecule has 0 saturated heterocycles. The smallest absolute Gasteiger partial charge is 0.244 e. The first-order chi connectivity index (χ1) is 10.8. The lowest BCUT2D eigenvalue weighted by molar-refractivity contribution is 0.319. The molecule has 112 valence electrons. The number of hydrogen-bond acceptors (Lipinski definition) is 6. The predicted octanol–water partition coefficient (Wildman–Crippen LogP) is 1.86. The molecule has 7 heteroatoms. The first kappa shape index (κ1) is 13.0. The highest BCUT2D eigenvalue weighted by atomic mass is 16.5. The van der Waals surface area contributed by atoms with E-state index in [2.05, 4.69) is 25.4 Å². The molecular weight excluding hydrogens is 282 g/mol. The fourth-order valence-electron chi connectivity index (χ4n) is 2.58. The van der Waals surface area contributed by atoms with E-state index in [-0.39, 0.29) is 6.04 Å². The van der Waals surface area contributed by atoms with Gasteiger partial charge in [0.25, 0.3) is 0 Å². The number of aromatic amines is 1. The molecule has 2 N–H and O–H groups in total. The van der Waals surface area contributed by atoms with Gasteiger partial charge in [0.15, 0.2) is 0 Å². The molecule has 0 aliphatic carbocycles. The molecule has 4 rings (SSSR count). The van der Waals surface area contributed by atoms with Crippen molar-refractivity contribution in [3.63, 3.8) is 0 Å². The summed E-state index contributed by atoms with van der Waals surface area (Å²) >= 11 is 0. The number of benzene rings is 1. The van der Waals surface area contributed by atoms with Gasteiger partial charge in [0.1, 0.15) is 5.75 Å². The van der Waals surface area contributed by atoms with Crippen molar-refractivity contribution in [1.82, 2.24) is 25.4 Å². The van der Waals surface area contributed by atoms with Gasteiger partial charge in [0, 0.05) is 18.5 Å². The molecule has 1 aliphatic heterocycles. The normalized spacial score (nSPS) is 17.2. The highest BCUT2D eigenvalue weighted by Crippen LogP contribution is 2.25. The Morgan fingerprint density at radius 1 is 1.27 bits per heavy atom. The van der Waals surface area contributed by atoms with Gasteiger partial charge in [-0.25, -0.2) is 4.98 Å². The average molecular weight is 297 g/mol. The third kappa shape index (κ3) is 2.25. The fraction of sp³-hybridized carbons (Fsp3) is 0.267. The topological polar surface area (TPSA) is 88.9 Å². The lowest BCUT2D eigenvalue weighted by Crippen LogP contribution is -2.28. The van der Waals surface area contributed by atoms with E-state index in [1.807, 2.05) is 24.3 Å². The molecule has 0 saturated carbocycles. The number of aromatic nitrogens is 4. The number of ether oxygens (including phenoxy) is 1. The lowest BCUT2D eigenvalue weighted by atomic mass is 10.1. The third-order valence-electron chi connectivity index (χ3n) is 3.82. The van der Waals surface area contributed by atoms with E-state index in [1.54, 1.807) is 13.4 Å². The van der Waals surface area contributed by atoms with E-state index in [0.29, 0.717) is 11.7 Å². The molecular formula is C15H15N5O2. The van der Waals surface area contributed by atoms with Crippen LogP contribution in [0.2, 0.25) is 0 Å². The summed E-state index contributed by atoms with van der Waals surface area (Å²) in [5, 5.41) is 7.44. The van der Waals surface area contributed by atoms with Gasteiger partial charge in [-0.05, 0) is 24.3 Å². The van der Waals surface area contributed by atoms with E-state index in [9.17, 15) is 0 Å². The van der Waals surface area contributed by atoms with Gasteiger partial charge >= 0.3 is 0 Å². The van der Waals surface area contributed by atoms with E-state index < -0.39 is 0 Å². The number of nitrogens with zero attached hydrogens (tertiary/aromatic N) is 3. The highest BCUT2D eigenvalue weighted by molar-refractivity contribution is 5.55. The molecule has 22 heavy (non-hydrogen) atoms. The Hall–Kier alpha value is -2.67. The van der Waals surface area contributed by atoms with Gasteiger partial charge in [0.05, 0.1) is 30.9 Å². The van der Waals surface area contributed by atoms with Gasteiger partial charge < -0.3 is 14.2 Å². The summed E-state index contributed by atoms with van der Waals surface area (Å²) in [4.78, 5) is 11.9. The Labute approximate surface area is 126 Å². The molecule has 1 aromatic carbocycles. The molecule has 0 spiro atoms. The summed E-state index contributed by atoms with van der Waals surface area (Å²) in [7, 11) is 1.64. The number of rotatable bonds is 3. The van der Waals surface area contributed by atoms with E-state index in [4.69, 9.17) is 9.26 Å². The number of fused-ring (bicyclic) bond motifs is 1. The first-order valence-electron chi connectivity index (χ1n) is 7.06. The van der Waals surface area contributed by atoms with Crippen molar-refractivity contribution in [3.05, 3.63) is 47.9 Å². The summed E-state index contributed by atoms with van der Waals surface area (Å²) < 4.78 is 10.6. The largest absolute Gasteiger partial charge is 0.497 e. The van der Waals surface area contributed by atoms with Crippen LogP contribution in [0, 0.1) is 0 Å². The molecule has 2 aromatic heterocycles. The Kier molecular flexibility index (Phi) is 3.12. The second-order valence-corrected chi connectivity index (χ2v) is 5.15. The van der Waals surface area contributed by atoms with Crippen molar-refractivity contribution in [2.24, 2.45) is 0 Å². The van der Waals surface area contributed by atoms with Crippen molar-refractivity contribution in [2.75, 3.05) is 7.11 Å². The first-order valence-corrected chi connectivity index (χ1v) is 7.06. The monoisotopic (exact) mass is 297 g/mol. The molecule has 0 fully saturated rings. The molecule has 0 radical (unpaired) electrons. The van der Waals surface area contributed by atoms with Crippen LogP contribution in [0.15, 0.2) is 35.1 Å². The molecule has 3 heterocycles. The zero-order valence-corrected chi connectivity index (χ0v) is 12.0. The summed E-state index contributed by atoms with van der Waals surface area (Å²) in [6.07, 6.45) is 2.45. The quantitative estimate of drug-likeness (QED) is 0.767. The SMILES string of the molecule is COc1ccc(-c2noc([C@@H]3Cc4nc[nH]c4CN3)n2)cc1. The molecule has 0 bridgehead atoms. The van der Waals surface area contributed by atoms with Crippen LogP contribution in [0.25, 0.3) is 11.4 Å². The molecule has 1 atom stereocenters. The number of hydrogen-bond donors (Lipinski definition) is 2. The molecule has 3 aromatic rings. The number of nitrogens with one attached hydrogen (secondary N) is 2. The van der Waals surface area contributed by atoms with Crippen LogP contribution < -0.4 is 10.1 Å². The second-order valence-electron chi connectivity index (χ2n) is 5.15. The van der Waals surface area contributed by atoms with Gasteiger partial charge in [-0.15, -0.1) is 0 Å². The van der Waals surface area contributed by atoms with Crippen molar-refractivity contribution < 1.29 is 9.26 Å². The third-order valence-corrected chi connectivity index (χ3v) is 3.82. The molecule has 1 aliphatic rings. The minimum Gasteiger partial charge on any atom is -0.497 e. The second kappa shape index (κ2) is 5.27. The van der Waals surface area contributed by atoms with Crippen molar-refractivity contribution in [1.29, 1.82) is 0 Å². The van der Waals surface area contributed by atoms with Crippen molar-refractivity contribution >= 4 is 0 Å². The van der Waals surface area contributed by atoms with Crippen LogP contribution in [0.4, 0.5) is 0 Å². The fourth-order valence-corrected chi connectivity index (χ4v) is 2.58. The Bertz CT molecular complexity index is 777. The number of imidazole rings is 1. The Morgan fingerprint density at radius 2 is 2.14 bits per heavy atom. The molecule has 0 unspecified atom stereocenters. The van der Waals surface area contributed by atoms with Crippen LogP contribution in [0.3, 0.4) is 0 Å². The Morgan fingerprint density at radius 3 is 2.95 bits per heavy atom. The highest BCUT2D eigenvalue weighted by Gasteiger charge is 2.26. The maximum atomic E-state index is 5.41. The van der Waals surface area contributed by atoms with E-state index in [1.165, 1.54) is 0 Å². The molecule has 7 nitrogen and oxygen atoms in total. The summed E-state index contributed by atoms with van der Waals surface area (Å²) in [6, 6.07) is 7.57. The number of H-pyrrole nitrogens is 1. The minimum atomic E-state index is -0.00435. The van der Waals surface area contributed by atoms with Crippen LogP contribution in [0.5, 0.6) is 5.75 Å². The van der Waals surface area contributed by atoms with E-state index >= 15 is 0 Å². The molecule has 0 amide bonds. The van der Waals surface area contributed by atoms with Crippen molar-refractivity contribution in [2.45, 2.75) is 19.0 Å². The standard InChI is InChI=1S/C15H15N5O2/c1-21-10-4-2-9(3-5-10)14-19-15(22-20-14)12-6-11-13(7-16-12)18-8-17-11/h2-5,8,12,16H,6-7H2,1H3,(H,17,18)/t12-/m0/s1. The summed E-state index contributed by atoms with van der Waals surface area (Å²) in [5.74, 6) is 1.96.